The monoisotopic (exact) mass is 204 g/mol. The van der Waals surface area contributed by atoms with Crippen molar-refractivity contribution in [2.75, 3.05) is 5.73 Å². The van der Waals surface area contributed by atoms with Gasteiger partial charge in [0.25, 0.3) is 0 Å². The molecule has 0 saturated carbocycles. The highest BCUT2D eigenvalue weighted by molar-refractivity contribution is 5.54. The molecule has 2 heterocycles. The first kappa shape index (κ1) is 9.64. The van der Waals surface area contributed by atoms with Crippen molar-refractivity contribution in [1.29, 1.82) is 0 Å². The van der Waals surface area contributed by atoms with Gasteiger partial charge in [-0.3, -0.25) is 4.98 Å². The summed E-state index contributed by atoms with van der Waals surface area (Å²) in [6, 6.07) is 0. The van der Waals surface area contributed by atoms with Crippen LogP contribution < -0.4 is 5.73 Å². The standard InChI is InChI=1S/C10H12N4O/c1-3-7-9(11)14-8(6(2)13-7)10-12-4-5-15-10/h4-5H,3H2,1-2H3,(H2,11,14). The van der Waals surface area contributed by atoms with E-state index in [9.17, 15) is 0 Å². The van der Waals surface area contributed by atoms with E-state index in [4.69, 9.17) is 10.2 Å². The highest BCUT2D eigenvalue weighted by atomic mass is 16.3. The Bertz CT molecular complexity index is 465. The Balaban J connectivity index is 2.55. The fourth-order valence-corrected chi connectivity index (χ4v) is 1.38. The van der Waals surface area contributed by atoms with Crippen molar-refractivity contribution < 1.29 is 4.42 Å². The molecule has 0 aromatic carbocycles. The molecule has 5 heteroatoms. The van der Waals surface area contributed by atoms with Gasteiger partial charge in [-0.25, -0.2) is 9.97 Å². The fraction of sp³-hybridized carbons (Fsp3) is 0.300. The summed E-state index contributed by atoms with van der Waals surface area (Å²) < 4.78 is 5.16. The van der Waals surface area contributed by atoms with Crippen LogP contribution >= 0.6 is 0 Å². The summed E-state index contributed by atoms with van der Waals surface area (Å²) in [7, 11) is 0. The Morgan fingerprint density at radius 3 is 2.80 bits per heavy atom. The number of oxazole rings is 1. The van der Waals surface area contributed by atoms with Crippen LogP contribution in [0.5, 0.6) is 0 Å². The average molecular weight is 204 g/mol. The van der Waals surface area contributed by atoms with Crippen LogP contribution in [-0.4, -0.2) is 15.0 Å². The number of rotatable bonds is 2. The Kier molecular flexibility index (Phi) is 2.37. The van der Waals surface area contributed by atoms with Crippen LogP contribution in [0.15, 0.2) is 16.9 Å². The molecular weight excluding hydrogens is 192 g/mol. The van der Waals surface area contributed by atoms with Gasteiger partial charge in [0.2, 0.25) is 5.89 Å². The number of hydrogen-bond acceptors (Lipinski definition) is 5. The topological polar surface area (TPSA) is 77.8 Å². The first-order valence-corrected chi connectivity index (χ1v) is 4.75. The normalized spacial score (nSPS) is 10.5. The molecule has 0 fully saturated rings. The highest BCUT2D eigenvalue weighted by Gasteiger charge is 2.12. The molecule has 0 spiro atoms. The van der Waals surface area contributed by atoms with Crippen molar-refractivity contribution >= 4 is 5.82 Å². The number of aromatic nitrogens is 3. The summed E-state index contributed by atoms with van der Waals surface area (Å²) in [4.78, 5) is 12.6. The van der Waals surface area contributed by atoms with Gasteiger partial charge in [0.05, 0.1) is 17.6 Å². The second-order valence-corrected chi connectivity index (χ2v) is 3.18. The fourth-order valence-electron chi connectivity index (χ4n) is 1.38. The van der Waals surface area contributed by atoms with E-state index in [0.29, 0.717) is 17.4 Å². The molecule has 0 atom stereocenters. The maximum atomic E-state index is 5.76. The van der Waals surface area contributed by atoms with E-state index in [1.807, 2.05) is 13.8 Å². The van der Waals surface area contributed by atoms with Crippen molar-refractivity contribution in [2.24, 2.45) is 0 Å². The summed E-state index contributed by atoms with van der Waals surface area (Å²) in [5.41, 5.74) is 7.96. The lowest BCUT2D eigenvalue weighted by Crippen LogP contribution is -2.04. The largest absolute Gasteiger partial charge is 0.443 e. The van der Waals surface area contributed by atoms with Gasteiger partial charge in [-0.05, 0) is 13.3 Å². The van der Waals surface area contributed by atoms with Gasteiger partial charge in [-0.15, -0.1) is 0 Å². The van der Waals surface area contributed by atoms with Crippen LogP contribution in [0.3, 0.4) is 0 Å². The van der Waals surface area contributed by atoms with Crippen molar-refractivity contribution in [3.63, 3.8) is 0 Å². The molecule has 2 aromatic rings. The molecule has 2 aromatic heterocycles. The van der Waals surface area contributed by atoms with Gasteiger partial charge in [-0.2, -0.15) is 0 Å². The molecule has 5 nitrogen and oxygen atoms in total. The summed E-state index contributed by atoms with van der Waals surface area (Å²) in [6.45, 7) is 3.86. The maximum Gasteiger partial charge on any atom is 0.246 e. The van der Waals surface area contributed by atoms with Crippen LogP contribution in [0, 0.1) is 6.92 Å². The zero-order valence-electron chi connectivity index (χ0n) is 8.69. The Morgan fingerprint density at radius 2 is 2.20 bits per heavy atom. The van der Waals surface area contributed by atoms with Gasteiger partial charge in [-0.1, -0.05) is 6.92 Å². The van der Waals surface area contributed by atoms with E-state index in [1.54, 1.807) is 6.20 Å². The molecule has 0 saturated heterocycles. The molecular formula is C10H12N4O. The molecule has 0 aliphatic rings. The van der Waals surface area contributed by atoms with Crippen LogP contribution in [0.2, 0.25) is 0 Å². The number of aryl methyl sites for hydroxylation is 2. The molecule has 15 heavy (non-hydrogen) atoms. The summed E-state index contributed by atoms with van der Waals surface area (Å²) in [6.07, 6.45) is 3.84. The lowest BCUT2D eigenvalue weighted by Gasteiger charge is -2.05. The summed E-state index contributed by atoms with van der Waals surface area (Å²) in [5.74, 6) is 0.894. The minimum absolute atomic E-state index is 0.441. The predicted molar refractivity (Wildman–Crippen MR) is 56.1 cm³/mol. The first-order chi connectivity index (χ1) is 7.22. The van der Waals surface area contributed by atoms with E-state index in [2.05, 4.69) is 15.0 Å². The third kappa shape index (κ3) is 1.68. The van der Waals surface area contributed by atoms with Gasteiger partial charge >= 0.3 is 0 Å². The molecule has 2 rings (SSSR count). The van der Waals surface area contributed by atoms with Gasteiger partial charge in [0, 0.05) is 0 Å². The van der Waals surface area contributed by atoms with E-state index in [-0.39, 0.29) is 0 Å². The minimum Gasteiger partial charge on any atom is -0.443 e. The lowest BCUT2D eigenvalue weighted by atomic mass is 10.2. The third-order valence-electron chi connectivity index (χ3n) is 2.14. The number of anilines is 1. The smallest absolute Gasteiger partial charge is 0.246 e. The highest BCUT2D eigenvalue weighted by Crippen LogP contribution is 2.20. The van der Waals surface area contributed by atoms with Crippen LogP contribution in [0.4, 0.5) is 5.82 Å². The summed E-state index contributed by atoms with van der Waals surface area (Å²) in [5, 5.41) is 0. The quantitative estimate of drug-likeness (QED) is 0.803. The number of nitrogens with two attached hydrogens (primary N) is 1. The third-order valence-corrected chi connectivity index (χ3v) is 2.14. The van der Waals surface area contributed by atoms with Crippen molar-refractivity contribution in [3.8, 4) is 11.6 Å². The van der Waals surface area contributed by atoms with Crippen LogP contribution in [0.1, 0.15) is 18.3 Å². The predicted octanol–water partition coefficient (Wildman–Crippen LogP) is 1.58. The number of hydrogen-bond donors (Lipinski definition) is 1. The zero-order valence-corrected chi connectivity index (χ0v) is 8.69. The van der Waals surface area contributed by atoms with E-state index >= 15 is 0 Å². The Hall–Kier alpha value is -1.91. The van der Waals surface area contributed by atoms with Gasteiger partial charge in [0.1, 0.15) is 17.8 Å². The minimum atomic E-state index is 0.441. The van der Waals surface area contributed by atoms with E-state index in [0.717, 1.165) is 17.8 Å². The lowest BCUT2D eigenvalue weighted by molar-refractivity contribution is 0.571. The number of nitrogen functional groups attached to an aromatic ring is 1. The van der Waals surface area contributed by atoms with Crippen molar-refractivity contribution in [2.45, 2.75) is 20.3 Å². The van der Waals surface area contributed by atoms with E-state index < -0.39 is 0 Å². The molecule has 0 aliphatic heterocycles. The molecule has 0 amide bonds. The van der Waals surface area contributed by atoms with Crippen LogP contribution in [0.25, 0.3) is 11.6 Å². The van der Waals surface area contributed by atoms with Crippen molar-refractivity contribution in [3.05, 3.63) is 23.8 Å². The first-order valence-electron chi connectivity index (χ1n) is 4.75. The van der Waals surface area contributed by atoms with E-state index in [1.165, 1.54) is 6.26 Å². The second-order valence-electron chi connectivity index (χ2n) is 3.18. The zero-order chi connectivity index (χ0) is 10.8. The van der Waals surface area contributed by atoms with Crippen LogP contribution in [-0.2, 0) is 6.42 Å². The van der Waals surface area contributed by atoms with Crippen molar-refractivity contribution in [1.82, 2.24) is 15.0 Å². The number of nitrogens with zero attached hydrogens (tertiary/aromatic N) is 3. The molecule has 0 aliphatic carbocycles. The average Bonchev–Trinajstić information content (AvgIpc) is 2.74. The maximum absolute atomic E-state index is 5.76. The van der Waals surface area contributed by atoms with Gasteiger partial charge < -0.3 is 10.2 Å². The molecule has 2 N–H and O–H groups in total. The molecule has 0 radical (unpaired) electrons. The summed E-state index contributed by atoms with van der Waals surface area (Å²) >= 11 is 0. The SMILES string of the molecule is CCc1nc(C)c(-c2ncco2)nc1N. The van der Waals surface area contributed by atoms with Gasteiger partial charge in [0.15, 0.2) is 0 Å². The molecule has 0 unspecified atom stereocenters. The Labute approximate surface area is 87.4 Å². The Morgan fingerprint density at radius 1 is 1.40 bits per heavy atom. The molecule has 0 bridgehead atoms. The molecule has 78 valence electrons. The second kappa shape index (κ2) is 3.68.